The number of hydrogen-bond acceptors (Lipinski definition) is 4. The molecule has 3 aromatic carbocycles. The van der Waals surface area contributed by atoms with E-state index in [1.165, 1.54) is 29.2 Å². The molecule has 7 nitrogen and oxygen atoms in total. The lowest BCUT2D eigenvalue weighted by Crippen LogP contribution is -2.53. The van der Waals surface area contributed by atoms with Gasteiger partial charge in [-0.3, -0.25) is 13.9 Å². The van der Waals surface area contributed by atoms with Crippen molar-refractivity contribution in [3.63, 3.8) is 0 Å². The molecule has 1 aliphatic rings. The molecule has 3 aromatic rings. The van der Waals surface area contributed by atoms with Gasteiger partial charge in [0, 0.05) is 12.6 Å². The lowest BCUT2D eigenvalue weighted by molar-refractivity contribution is -0.139. The maximum absolute atomic E-state index is 14.1. The highest BCUT2D eigenvalue weighted by Gasteiger charge is 2.33. The first-order valence-corrected chi connectivity index (χ1v) is 16.0. The van der Waals surface area contributed by atoms with E-state index < -0.39 is 34.3 Å². The Morgan fingerprint density at radius 2 is 1.50 bits per heavy atom. The van der Waals surface area contributed by atoms with Crippen molar-refractivity contribution in [3.8, 4) is 0 Å². The van der Waals surface area contributed by atoms with Crippen molar-refractivity contribution in [2.24, 2.45) is 0 Å². The lowest BCUT2D eigenvalue weighted by Gasteiger charge is -2.33. The lowest BCUT2D eigenvalue weighted by atomic mass is 9.95. The molecule has 1 N–H and O–H groups in total. The van der Waals surface area contributed by atoms with Crippen molar-refractivity contribution in [1.29, 1.82) is 0 Å². The first-order valence-electron chi connectivity index (χ1n) is 14.6. The van der Waals surface area contributed by atoms with Gasteiger partial charge < -0.3 is 10.2 Å². The molecule has 0 aliphatic heterocycles. The van der Waals surface area contributed by atoms with Crippen molar-refractivity contribution >= 4 is 27.5 Å². The average molecular weight is 594 g/mol. The number of benzene rings is 3. The van der Waals surface area contributed by atoms with Crippen molar-refractivity contribution < 1.29 is 22.4 Å². The highest BCUT2D eigenvalue weighted by Crippen LogP contribution is 2.27. The first-order chi connectivity index (χ1) is 20.1. The van der Waals surface area contributed by atoms with Crippen LogP contribution in [-0.2, 0) is 26.2 Å². The Hall–Kier alpha value is -3.72. The largest absolute Gasteiger partial charge is 0.352 e. The van der Waals surface area contributed by atoms with Gasteiger partial charge in [0.05, 0.1) is 10.6 Å². The van der Waals surface area contributed by atoms with Crippen LogP contribution in [0.1, 0.15) is 69.9 Å². The number of carbonyl (C=O) groups is 2. The van der Waals surface area contributed by atoms with Gasteiger partial charge in [0.15, 0.2) is 0 Å². The average Bonchev–Trinajstić information content (AvgIpc) is 3.00. The summed E-state index contributed by atoms with van der Waals surface area (Å²) in [5.41, 5.74) is 2.01. The summed E-state index contributed by atoms with van der Waals surface area (Å²) in [5, 5.41) is 3.08. The molecule has 42 heavy (non-hydrogen) atoms. The summed E-state index contributed by atoms with van der Waals surface area (Å²) in [6.07, 6.45) is 5.00. The summed E-state index contributed by atoms with van der Waals surface area (Å²) in [4.78, 5) is 28.9. The maximum atomic E-state index is 14.1. The fourth-order valence-corrected chi connectivity index (χ4v) is 6.65. The number of hydrogen-bond donors (Lipinski definition) is 1. The summed E-state index contributed by atoms with van der Waals surface area (Å²) >= 11 is 0. The van der Waals surface area contributed by atoms with Crippen molar-refractivity contribution in [2.75, 3.05) is 10.8 Å². The second kappa shape index (κ2) is 14.0. The Kier molecular flexibility index (Phi) is 10.4. The van der Waals surface area contributed by atoms with Gasteiger partial charge >= 0.3 is 0 Å². The molecule has 4 rings (SSSR count). The van der Waals surface area contributed by atoms with E-state index in [2.05, 4.69) is 5.32 Å². The summed E-state index contributed by atoms with van der Waals surface area (Å²) in [7, 11) is -4.13. The zero-order valence-electron chi connectivity index (χ0n) is 24.5. The van der Waals surface area contributed by atoms with Gasteiger partial charge in [-0.25, -0.2) is 12.8 Å². The number of nitrogens with zero attached hydrogens (tertiary/aromatic N) is 2. The SMILES string of the molecule is CC(C)c1ccc(N(CC(=O)N(Cc2ccc(F)cc2)[C@H](C)C(=O)NC2CCCCC2)S(=O)(=O)c2ccccc2)cc1. The van der Waals surface area contributed by atoms with Gasteiger partial charge in [0.1, 0.15) is 18.4 Å². The predicted molar refractivity (Wildman–Crippen MR) is 163 cm³/mol. The summed E-state index contributed by atoms with van der Waals surface area (Å²) in [6.45, 7) is 5.24. The molecule has 1 aliphatic carbocycles. The Morgan fingerprint density at radius 3 is 2.10 bits per heavy atom. The number of rotatable bonds is 11. The van der Waals surface area contributed by atoms with E-state index in [0.29, 0.717) is 11.3 Å². The van der Waals surface area contributed by atoms with Gasteiger partial charge in [0.25, 0.3) is 10.0 Å². The molecule has 0 unspecified atom stereocenters. The van der Waals surface area contributed by atoms with E-state index in [1.54, 1.807) is 49.4 Å². The van der Waals surface area contributed by atoms with Crippen LogP contribution in [0.2, 0.25) is 0 Å². The molecule has 0 saturated heterocycles. The number of carbonyl (C=O) groups excluding carboxylic acids is 2. The van der Waals surface area contributed by atoms with Crippen LogP contribution in [0.25, 0.3) is 0 Å². The molecule has 0 radical (unpaired) electrons. The molecule has 1 atom stereocenters. The molecule has 224 valence electrons. The molecule has 0 aromatic heterocycles. The third-order valence-corrected chi connectivity index (χ3v) is 9.63. The Labute approximate surface area is 248 Å². The first kappa shape index (κ1) is 31.2. The molecule has 1 fully saturated rings. The van der Waals surface area contributed by atoms with Crippen LogP contribution < -0.4 is 9.62 Å². The Balaban J connectivity index is 1.67. The summed E-state index contributed by atoms with van der Waals surface area (Å²) in [5.74, 6) is -1.01. The highest BCUT2D eigenvalue weighted by atomic mass is 32.2. The van der Waals surface area contributed by atoms with Crippen LogP contribution in [0, 0.1) is 5.82 Å². The van der Waals surface area contributed by atoms with E-state index in [-0.39, 0.29) is 29.3 Å². The molecule has 1 saturated carbocycles. The summed E-state index contributed by atoms with van der Waals surface area (Å²) in [6, 6.07) is 20.0. The normalized spacial score (nSPS) is 14.8. The van der Waals surface area contributed by atoms with Crippen molar-refractivity contribution in [2.45, 2.75) is 82.3 Å². The molecule has 0 heterocycles. The third kappa shape index (κ3) is 7.76. The van der Waals surface area contributed by atoms with E-state index >= 15 is 0 Å². The number of nitrogens with one attached hydrogen (secondary N) is 1. The van der Waals surface area contributed by atoms with E-state index in [0.717, 1.165) is 42.0 Å². The van der Waals surface area contributed by atoms with Gasteiger partial charge in [0.2, 0.25) is 11.8 Å². The van der Waals surface area contributed by atoms with Gasteiger partial charge in [-0.05, 0) is 73.2 Å². The quantitative estimate of drug-likeness (QED) is 0.295. The second-order valence-electron chi connectivity index (χ2n) is 11.2. The molecule has 0 spiro atoms. The molecule has 9 heteroatoms. The van der Waals surface area contributed by atoms with Crippen LogP contribution in [0.5, 0.6) is 0 Å². The van der Waals surface area contributed by atoms with Crippen molar-refractivity contribution in [3.05, 3.63) is 95.8 Å². The maximum Gasteiger partial charge on any atom is 0.264 e. The fraction of sp³-hybridized carbons (Fsp3) is 0.394. The van der Waals surface area contributed by atoms with Crippen LogP contribution in [0.15, 0.2) is 83.8 Å². The third-order valence-electron chi connectivity index (χ3n) is 7.84. The highest BCUT2D eigenvalue weighted by molar-refractivity contribution is 7.92. The standard InChI is InChI=1S/C33H40FN3O4S/c1-24(2)27-16-20-30(21-17-27)37(42(40,41)31-12-8-5-9-13-31)23-32(38)36(22-26-14-18-28(34)19-15-26)25(3)33(39)35-29-10-6-4-7-11-29/h5,8-9,12-21,24-25,29H,4,6-7,10-11,22-23H2,1-3H3,(H,35,39)/t25-/m1/s1. The number of anilines is 1. The van der Waals surface area contributed by atoms with E-state index in [1.807, 2.05) is 26.0 Å². The summed E-state index contributed by atoms with van der Waals surface area (Å²) < 4.78 is 42.5. The molecule has 0 bridgehead atoms. The van der Waals surface area contributed by atoms with Crippen LogP contribution in [0.3, 0.4) is 0 Å². The number of sulfonamides is 1. The smallest absolute Gasteiger partial charge is 0.264 e. The second-order valence-corrected chi connectivity index (χ2v) is 13.1. The molecule has 2 amide bonds. The van der Waals surface area contributed by atoms with Gasteiger partial charge in [-0.15, -0.1) is 0 Å². The monoisotopic (exact) mass is 593 g/mol. The Morgan fingerprint density at radius 1 is 0.881 bits per heavy atom. The zero-order chi connectivity index (χ0) is 30.3. The minimum absolute atomic E-state index is 0.0177. The van der Waals surface area contributed by atoms with Gasteiger partial charge in [-0.1, -0.05) is 75.6 Å². The zero-order valence-corrected chi connectivity index (χ0v) is 25.3. The predicted octanol–water partition coefficient (Wildman–Crippen LogP) is 6.01. The van der Waals surface area contributed by atoms with Gasteiger partial charge in [-0.2, -0.15) is 0 Å². The number of halogens is 1. The minimum atomic E-state index is -4.13. The molecular formula is C33H40FN3O4S. The number of amides is 2. The fourth-order valence-electron chi connectivity index (χ4n) is 5.21. The molecular weight excluding hydrogens is 553 g/mol. The van der Waals surface area contributed by atoms with Crippen LogP contribution >= 0.6 is 0 Å². The topological polar surface area (TPSA) is 86.8 Å². The van der Waals surface area contributed by atoms with Crippen LogP contribution in [0.4, 0.5) is 10.1 Å². The van der Waals surface area contributed by atoms with Crippen LogP contribution in [-0.4, -0.2) is 43.8 Å². The minimum Gasteiger partial charge on any atom is -0.352 e. The van der Waals surface area contributed by atoms with E-state index in [9.17, 15) is 22.4 Å². The van der Waals surface area contributed by atoms with E-state index in [4.69, 9.17) is 0 Å². The van der Waals surface area contributed by atoms with Crippen molar-refractivity contribution in [1.82, 2.24) is 10.2 Å². The Bertz CT molecular complexity index is 1440.